The Labute approximate surface area is 237 Å². The maximum absolute atomic E-state index is 14.0. The van der Waals surface area contributed by atoms with Gasteiger partial charge in [-0.25, -0.2) is 9.18 Å². The van der Waals surface area contributed by atoms with Crippen LogP contribution >= 0.6 is 11.6 Å². The van der Waals surface area contributed by atoms with Gasteiger partial charge in [-0.05, 0) is 56.2 Å². The molecule has 0 saturated heterocycles. The van der Waals surface area contributed by atoms with Crippen LogP contribution in [0.5, 0.6) is 0 Å². The van der Waals surface area contributed by atoms with Gasteiger partial charge in [0, 0.05) is 34.9 Å². The van der Waals surface area contributed by atoms with E-state index in [-0.39, 0.29) is 19.5 Å². The summed E-state index contributed by atoms with van der Waals surface area (Å²) in [6, 6.07) is 18.5. The molecule has 8 nitrogen and oxygen atoms in total. The molecule has 1 aliphatic heterocycles. The third-order valence-corrected chi connectivity index (χ3v) is 6.28. The zero-order valence-corrected chi connectivity index (χ0v) is 23.2. The number of anilines is 1. The second kappa shape index (κ2) is 12.5. The predicted octanol–water partition coefficient (Wildman–Crippen LogP) is 5.64. The Morgan fingerprint density at radius 3 is 2.55 bits per heavy atom. The van der Waals surface area contributed by atoms with Crippen molar-refractivity contribution in [1.82, 2.24) is 10.6 Å². The third-order valence-electron chi connectivity index (χ3n) is 6.04. The Morgan fingerprint density at radius 1 is 1.02 bits per heavy atom. The maximum atomic E-state index is 14.0. The van der Waals surface area contributed by atoms with Gasteiger partial charge in [0.05, 0.1) is 6.42 Å². The minimum Gasteiger partial charge on any atom is -0.444 e. The van der Waals surface area contributed by atoms with Crippen molar-refractivity contribution in [3.8, 4) is 0 Å². The Morgan fingerprint density at radius 2 is 1.80 bits per heavy atom. The van der Waals surface area contributed by atoms with Gasteiger partial charge >= 0.3 is 6.09 Å². The van der Waals surface area contributed by atoms with E-state index in [4.69, 9.17) is 21.1 Å². The molecule has 0 aliphatic carbocycles. The Kier molecular flexibility index (Phi) is 9.07. The summed E-state index contributed by atoms with van der Waals surface area (Å²) in [6.45, 7) is 5.53. The first kappa shape index (κ1) is 29.0. The highest BCUT2D eigenvalue weighted by molar-refractivity contribution is 6.30. The normalized spacial score (nSPS) is 16.8. The molecule has 0 spiro atoms. The molecule has 2 atom stereocenters. The number of halogens is 2. The van der Waals surface area contributed by atoms with Crippen LogP contribution in [0.25, 0.3) is 0 Å². The first-order chi connectivity index (χ1) is 19.0. The van der Waals surface area contributed by atoms with Crippen molar-refractivity contribution >= 4 is 35.2 Å². The number of alkyl carbamates (subject to hydrolysis) is 1. The predicted molar refractivity (Wildman–Crippen MR) is 149 cm³/mol. The number of benzene rings is 3. The number of carbonyl (C=O) groups is 3. The molecular weight excluding hydrogens is 537 g/mol. The van der Waals surface area contributed by atoms with Crippen LogP contribution in [0.3, 0.4) is 0 Å². The van der Waals surface area contributed by atoms with Crippen LogP contribution in [0.4, 0.5) is 14.9 Å². The van der Waals surface area contributed by atoms with Gasteiger partial charge in [0.1, 0.15) is 23.6 Å². The highest BCUT2D eigenvalue weighted by Gasteiger charge is 2.33. The van der Waals surface area contributed by atoms with E-state index in [1.165, 1.54) is 6.07 Å². The average Bonchev–Trinajstić information content (AvgIpc) is 3.02. The van der Waals surface area contributed by atoms with Gasteiger partial charge in [-0.2, -0.15) is 0 Å². The lowest BCUT2D eigenvalue weighted by Crippen LogP contribution is -2.35. The summed E-state index contributed by atoms with van der Waals surface area (Å²) in [4.78, 5) is 38.0. The molecule has 2 unspecified atom stereocenters. The molecule has 0 saturated carbocycles. The Bertz CT molecular complexity index is 1410. The van der Waals surface area contributed by atoms with Crippen molar-refractivity contribution in [2.75, 3.05) is 5.32 Å². The average molecular weight is 568 g/mol. The van der Waals surface area contributed by atoms with Crippen LogP contribution in [0.15, 0.2) is 66.7 Å². The highest BCUT2D eigenvalue weighted by atomic mass is 35.5. The monoisotopic (exact) mass is 567 g/mol. The summed E-state index contributed by atoms with van der Waals surface area (Å²) >= 11 is 6.30. The molecule has 1 heterocycles. The number of nitrogens with one attached hydrogen (secondary N) is 3. The summed E-state index contributed by atoms with van der Waals surface area (Å²) in [6.07, 6.45) is -2.71. The van der Waals surface area contributed by atoms with Crippen molar-refractivity contribution < 1.29 is 28.2 Å². The molecule has 4 rings (SSSR count). The highest BCUT2D eigenvalue weighted by Crippen LogP contribution is 2.37. The summed E-state index contributed by atoms with van der Waals surface area (Å²) < 4.78 is 25.5. The van der Waals surface area contributed by atoms with Crippen molar-refractivity contribution in [1.29, 1.82) is 0 Å². The third kappa shape index (κ3) is 7.80. The van der Waals surface area contributed by atoms with Gasteiger partial charge in [-0.15, -0.1) is 0 Å². The molecule has 40 heavy (non-hydrogen) atoms. The second-order valence-corrected chi connectivity index (χ2v) is 10.8. The standard InChI is InChI=1S/C30H31ClFN3O5/c1-30(2,3)40-29(38)34-16-18-7-6-9-19(13-18)27-22-14-21(31)11-12-24(22)35-28(37)25(39-27)15-26(36)33-17-20-8-4-5-10-23(20)32/h4-14,25,27H,15-17H2,1-3H3,(H,33,36)(H,34,38)(H,35,37). The summed E-state index contributed by atoms with van der Waals surface area (Å²) in [5.41, 5.74) is 2.30. The summed E-state index contributed by atoms with van der Waals surface area (Å²) in [5, 5.41) is 8.66. The molecule has 3 N–H and O–H groups in total. The number of hydrogen-bond donors (Lipinski definition) is 3. The Balaban J connectivity index is 1.53. The quantitative estimate of drug-likeness (QED) is 0.343. The van der Waals surface area contributed by atoms with E-state index < -0.39 is 41.5 Å². The Hall–Kier alpha value is -3.95. The van der Waals surface area contributed by atoms with Crippen molar-refractivity contribution in [3.05, 3.63) is 99.8 Å². The van der Waals surface area contributed by atoms with Crippen LogP contribution in [0, 0.1) is 5.82 Å². The van der Waals surface area contributed by atoms with Crippen molar-refractivity contribution in [3.63, 3.8) is 0 Å². The van der Waals surface area contributed by atoms with Gasteiger partial charge in [-0.1, -0.05) is 54.1 Å². The van der Waals surface area contributed by atoms with Crippen molar-refractivity contribution in [2.24, 2.45) is 0 Å². The van der Waals surface area contributed by atoms with Gasteiger partial charge in [0.2, 0.25) is 5.91 Å². The molecule has 0 bridgehead atoms. The molecule has 210 valence electrons. The number of hydrogen-bond acceptors (Lipinski definition) is 5. The first-order valence-corrected chi connectivity index (χ1v) is 13.2. The molecule has 0 fully saturated rings. The van der Waals surface area contributed by atoms with E-state index in [1.54, 1.807) is 57.2 Å². The minimum absolute atomic E-state index is 0.0220. The number of ether oxygens (including phenoxy) is 2. The molecule has 3 amide bonds. The lowest BCUT2D eigenvalue weighted by molar-refractivity contribution is -0.136. The summed E-state index contributed by atoms with van der Waals surface area (Å²) in [5.74, 6) is -1.39. The zero-order valence-electron chi connectivity index (χ0n) is 22.4. The van der Waals surface area contributed by atoms with Crippen molar-refractivity contribution in [2.45, 2.75) is 58.1 Å². The SMILES string of the molecule is CC(C)(C)OC(=O)NCc1cccc(C2OC(CC(=O)NCc3ccccc3F)C(=O)Nc3ccc(Cl)cc32)c1. The number of fused-ring (bicyclic) bond motifs is 1. The summed E-state index contributed by atoms with van der Waals surface area (Å²) in [7, 11) is 0. The number of amides is 3. The van der Waals surface area contributed by atoms with Crippen LogP contribution in [-0.4, -0.2) is 29.6 Å². The molecule has 10 heteroatoms. The van der Waals surface area contributed by atoms with Crippen LogP contribution in [0.1, 0.15) is 55.5 Å². The number of rotatable bonds is 7. The van der Waals surface area contributed by atoms with E-state index in [2.05, 4.69) is 16.0 Å². The van der Waals surface area contributed by atoms with Gasteiger partial charge in [-0.3, -0.25) is 9.59 Å². The fraction of sp³-hybridized carbons (Fsp3) is 0.300. The minimum atomic E-state index is -1.14. The first-order valence-electron chi connectivity index (χ1n) is 12.8. The maximum Gasteiger partial charge on any atom is 0.407 e. The van der Waals surface area contributed by atoms with E-state index in [0.29, 0.717) is 27.4 Å². The molecule has 3 aromatic carbocycles. The number of carbonyl (C=O) groups excluding carboxylic acids is 3. The smallest absolute Gasteiger partial charge is 0.407 e. The molecule has 1 aliphatic rings. The van der Waals surface area contributed by atoms with E-state index >= 15 is 0 Å². The fourth-order valence-electron chi connectivity index (χ4n) is 4.21. The molecular formula is C30H31ClFN3O5. The largest absolute Gasteiger partial charge is 0.444 e. The zero-order chi connectivity index (χ0) is 28.9. The van der Waals surface area contributed by atoms with E-state index in [9.17, 15) is 18.8 Å². The fourth-order valence-corrected chi connectivity index (χ4v) is 4.39. The second-order valence-electron chi connectivity index (χ2n) is 10.4. The lowest BCUT2D eigenvalue weighted by atomic mass is 9.98. The van der Waals surface area contributed by atoms with Gasteiger partial charge < -0.3 is 25.4 Å². The van der Waals surface area contributed by atoms with Crippen LogP contribution in [0.2, 0.25) is 5.02 Å². The van der Waals surface area contributed by atoms with Gasteiger partial charge in [0.25, 0.3) is 5.91 Å². The van der Waals surface area contributed by atoms with Crippen LogP contribution in [-0.2, 0) is 32.2 Å². The lowest BCUT2D eigenvalue weighted by Gasteiger charge is -2.23. The molecule has 0 aromatic heterocycles. The van der Waals surface area contributed by atoms with Crippen LogP contribution < -0.4 is 16.0 Å². The molecule has 3 aromatic rings. The van der Waals surface area contributed by atoms with E-state index in [0.717, 1.165) is 5.56 Å². The molecule has 0 radical (unpaired) electrons. The van der Waals surface area contributed by atoms with Gasteiger partial charge in [0.15, 0.2) is 0 Å². The topological polar surface area (TPSA) is 106 Å². The van der Waals surface area contributed by atoms with E-state index in [1.807, 2.05) is 24.3 Å².